The number of imide groups is 1. The molecule has 3 rings (SSSR count). The Balaban J connectivity index is 1.69. The Labute approximate surface area is 188 Å². The van der Waals surface area contributed by atoms with E-state index in [-0.39, 0.29) is 18.7 Å². The molecule has 1 aromatic heterocycles. The van der Waals surface area contributed by atoms with E-state index < -0.39 is 17.8 Å². The highest BCUT2D eigenvalue weighted by Gasteiger charge is 2.29. The van der Waals surface area contributed by atoms with Gasteiger partial charge in [0, 0.05) is 37.9 Å². The van der Waals surface area contributed by atoms with Gasteiger partial charge < -0.3 is 9.64 Å². The molecule has 0 N–H and O–H groups in total. The van der Waals surface area contributed by atoms with Gasteiger partial charge >= 0.3 is 11.9 Å². The summed E-state index contributed by atoms with van der Waals surface area (Å²) in [7, 11) is 0. The van der Waals surface area contributed by atoms with Crippen LogP contribution in [-0.2, 0) is 20.7 Å². The highest BCUT2D eigenvalue weighted by Crippen LogP contribution is 2.21. The van der Waals surface area contributed by atoms with Crippen LogP contribution in [0.4, 0.5) is 5.69 Å². The SMILES string of the molecule is CCOC(=O)C(=O)N(CC)C(=O)c1cnc(Cc2ccc(N3CCCCC3)cc2)nc1C. The molecule has 2 amide bonds. The minimum absolute atomic E-state index is 0.0427. The number of esters is 1. The van der Waals surface area contributed by atoms with Gasteiger partial charge in [0.15, 0.2) is 0 Å². The van der Waals surface area contributed by atoms with E-state index >= 15 is 0 Å². The lowest BCUT2D eigenvalue weighted by atomic mass is 10.1. The van der Waals surface area contributed by atoms with E-state index in [0.717, 1.165) is 23.6 Å². The highest BCUT2D eigenvalue weighted by molar-refractivity contribution is 6.36. The summed E-state index contributed by atoms with van der Waals surface area (Å²) in [6, 6.07) is 8.42. The average molecular weight is 439 g/mol. The molecule has 0 bridgehead atoms. The molecule has 32 heavy (non-hydrogen) atoms. The van der Waals surface area contributed by atoms with Crippen LogP contribution in [-0.4, -0.2) is 58.9 Å². The Morgan fingerprint density at radius 3 is 2.34 bits per heavy atom. The minimum Gasteiger partial charge on any atom is -0.459 e. The van der Waals surface area contributed by atoms with Gasteiger partial charge in [-0.15, -0.1) is 0 Å². The maximum Gasteiger partial charge on any atom is 0.397 e. The number of benzene rings is 1. The molecule has 1 fully saturated rings. The molecule has 1 aliphatic rings. The van der Waals surface area contributed by atoms with Crippen molar-refractivity contribution >= 4 is 23.5 Å². The van der Waals surface area contributed by atoms with Gasteiger partial charge in [0.2, 0.25) is 0 Å². The Morgan fingerprint density at radius 2 is 1.75 bits per heavy atom. The van der Waals surface area contributed by atoms with E-state index in [2.05, 4.69) is 39.1 Å². The van der Waals surface area contributed by atoms with Crippen molar-refractivity contribution in [2.24, 2.45) is 0 Å². The number of carbonyl (C=O) groups excluding carboxylic acids is 3. The van der Waals surface area contributed by atoms with Crippen molar-refractivity contribution in [2.45, 2.75) is 46.5 Å². The molecule has 0 aliphatic carbocycles. The molecular weight excluding hydrogens is 408 g/mol. The van der Waals surface area contributed by atoms with Gasteiger partial charge in [-0.1, -0.05) is 12.1 Å². The van der Waals surface area contributed by atoms with Crippen molar-refractivity contribution in [3.63, 3.8) is 0 Å². The van der Waals surface area contributed by atoms with Crippen LogP contribution < -0.4 is 4.90 Å². The molecule has 0 unspecified atom stereocenters. The number of likely N-dealkylation sites (N-methyl/N-ethyl adjacent to an activating group) is 1. The third-order valence-electron chi connectivity index (χ3n) is 5.54. The molecule has 0 atom stereocenters. The second-order valence-corrected chi connectivity index (χ2v) is 7.75. The van der Waals surface area contributed by atoms with Crippen molar-refractivity contribution < 1.29 is 19.1 Å². The molecular formula is C24H30N4O4. The van der Waals surface area contributed by atoms with E-state index in [1.165, 1.54) is 31.1 Å². The van der Waals surface area contributed by atoms with E-state index in [4.69, 9.17) is 4.74 Å². The van der Waals surface area contributed by atoms with Gasteiger partial charge in [-0.05, 0) is 57.7 Å². The lowest BCUT2D eigenvalue weighted by molar-refractivity contribution is -0.158. The fourth-order valence-corrected chi connectivity index (χ4v) is 3.80. The van der Waals surface area contributed by atoms with E-state index in [9.17, 15) is 14.4 Å². The van der Waals surface area contributed by atoms with Crippen molar-refractivity contribution in [2.75, 3.05) is 31.1 Å². The topological polar surface area (TPSA) is 92.7 Å². The number of hydrogen-bond acceptors (Lipinski definition) is 7. The molecule has 1 aromatic carbocycles. The molecule has 170 valence electrons. The number of ether oxygens (including phenoxy) is 1. The predicted octanol–water partition coefficient (Wildman–Crippen LogP) is 2.92. The monoisotopic (exact) mass is 438 g/mol. The normalized spacial score (nSPS) is 13.5. The summed E-state index contributed by atoms with van der Waals surface area (Å²) in [4.78, 5) is 48.8. The second kappa shape index (κ2) is 10.8. The van der Waals surface area contributed by atoms with Crippen molar-refractivity contribution in [3.05, 3.63) is 53.1 Å². The summed E-state index contributed by atoms with van der Waals surface area (Å²) in [5.74, 6) is -2.06. The second-order valence-electron chi connectivity index (χ2n) is 7.75. The summed E-state index contributed by atoms with van der Waals surface area (Å²) in [5.41, 5.74) is 2.96. The maximum atomic E-state index is 12.8. The van der Waals surface area contributed by atoms with Gasteiger partial charge in [0.05, 0.1) is 17.9 Å². The zero-order valence-electron chi connectivity index (χ0n) is 19.0. The molecule has 1 saturated heterocycles. The number of carbonyl (C=O) groups is 3. The Morgan fingerprint density at radius 1 is 1.06 bits per heavy atom. The maximum absolute atomic E-state index is 12.8. The van der Waals surface area contributed by atoms with Crippen LogP contribution in [0, 0.1) is 6.92 Å². The Hall–Kier alpha value is -3.29. The largest absolute Gasteiger partial charge is 0.459 e. The van der Waals surface area contributed by atoms with Crippen LogP contribution in [0.2, 0.25) is 0 Å². The fourth-order valence-electron chi connectivity index (χ4n) is 3.80. The first-order valence-corrected chi connectivity index (χ1v) is 11.1. The van der Waals surface area contributed by atoms with Crippen LogP contribution in [0.15, 0.2) is 30.5 Å². The van der Waals surface area contributed by atoms with E-state index in [1.54, 1.807) is 20.8 Å². The molecule has 0 spiro atoms. The van der Waals surface area contributed by atoms with Crippen LogP contribution in [0.5, 0.6) is 0 Å². The lowest BCUT2D eigenvalue weighted by Gasteiger charge is -2.28. The van der Waals surface area contributed by atoms with Gasteiger partial charge in [0.25, 0.3) is 5.91 Å². The van der Waals surface area contributed by atoms with Crippen molar-refractivity contribution in [1.82, 2.24) is 14.9 Å². The molecule has 8 heteroatoms. The zero-order valence-corrected chi connectivity index (χ0v) is 19.0. The van der Waals surface area contributed by atoms with Crippen LogP contribution >= 0.6 is 0 Å². The molecule has 0 radical (unpaired) electrons. The van der Waals surface area contributed by atoms with Crippen LogP contribution in [0.1, 0.15) is 60.5 Å². The number of hydrogen-bond donors (Lipinski definition) is 0. The summed E-state index contributed by atoms with van der Waals surface area (Å²) in [6.45, 7) is 7.22. The van der Waals surface area contributed by atoms with E-state index in [0.29, 0.717) is 17.9 Å². The smallest absolute Gasteiger partial charge is 0.397 e. The number of aromatic nitrogens is 2. The first-order chi connectivity index (χ1) is 15.4. The summed E-state index contributed by atoms with van der Waals surface area (Å²) in [6.07, 6.45) is 5.73. The summed E-state index contributed by atoms with van der Waals surface area (Å²) >= 11 is 0. The fraction of sp³-hybridized carbons (Fsp3) is 0.458. The average Bonchev–Trinajstić information content (AvgIpc) is 2.80. The summed E-state index contributed by atoms with van der Waals surface area (Å²) < 4.78 is 4.72. The van der Waals surface area contributed by atoms with Crippen LogP contribution in [0.3, 0.4) is 0 Å². The molecule has 2 heterocycles. The quantitative estimate of drug-likeness (QED) is 0.506. The van der Waals surface area contributed by atoms with Crippen molar-refractivity contribution in [3.8, 4) is 0 Å². The Bertz CT molecular complexity index is 968. The van der Waals surface area contributed by atoms with Gasteiger partial charge in [-0.3, -0.25) is 14.5 Å². The number of amides is 2. The molecule has 0 saturated carbocycles. The number of rotatable bonds is 6. The molecule has 8 nitrogen and oxygen atoms in total. The van der Waals surface area contributed by atoms with Gasteiger partial charge in [-0.2, -0.15) is 0 Å². The van der Waals surface area contributed by atoms with Crippen molar-refractivity contribution in [1.29, 1.82) is 0 Å². The highest BCUT2D eigenvalue weighted by atomic mass is 16.5. The number of aryl methyl sites for hydroxylation is 1. The first kappa shape index (κ1) is 23.4. The van der Waals surface area contributed by atoms with Gasteiger partial charge in [-0.25, -0.2) is 14.8 Å². The summed E-state index contributed by atoms with van der Waals surface area (Å²) in [5, 5.41) is 0. The van der Waals surface area contributed by atoms with Gasteiger partial charge in [0.1, 0.15) is 5.82 Å². The zero-order chi connectivity index (χ0) is 23.1. The third-order valence-corrected chi connectivity index (χ3v) is 5.54. The van der Waals surface area contributed by atoms with E-state index in [1.807, 2.05) is 0 Å². The predicted molar refractivity (Wildman–Crippen MR) is 120 cm³/mol. The number of nitrogens with zero attached hydrogens (tertiary/aromatic N) is 4. The minimum atomic E-state index is -1.05. The Kier molecular flexibility index (Phi) is 7.92. The number of anilines is 1. The molecule has 2 aromatic rings. The lowest BCUT2D eigenvalue weighted by Crippen LogP contribution is -2.42. The standard InChI is InChI=1S/C24H30N4O4/c1-4-28(23(30)24(31)32-5-2)22(29)20-16-25-21(26-17(20)3)15-18-9-11-19(12-10-18)27-13-7-6-8-14-27/h9-12,16H,4-8,13-15H2,1-3H3. The molecule has 1 aliphatic heterocycles. The van der Waals surface area contributed by atoms with Crippen LogP contribution in [0.25, 0.3) is 0 Å². The first-order valence-electron chi connectivity index (χ1n) is 11.1. The number of piperidine rings is 1. The third kappa shape index (κ3) is 5.49.